The Kier molecular flexibility index (Phi) is 10.5. The van der Waals surface area contributed by atoms with Crippen LogP contribution in [0.3, 0.4) is 0 Å². The number of aromatic nitrogens is 3. The van der Waals surface area contributed by atoms with Crippen molar-refractivity contribution in [2.75, 3.05) is 50.4 Å². The quantitative estimate of drug-likeness (QED) is 0.224. The summed E-state index contributed by atoms with van der Waals surface area (Å²) in [5, 5.41) is 8.75. The predicted molar refractivity (Wildman–Crippen MR) is 190 cm³/mol. The average molecular weight is 699 g/mol. The Balaban J connectivity index is 1.19. The molecule has 51 heavy (non-hydrogen) atoms. The Hall–Kier alpha value is -5.19. The minimum absolute atomic E-state index is 0.0547. The van der Waals surface area contributed by atoms with Gasteiger partial charge in [-0.05, 0) is 62.4 Å². The summed E-state index contributed by atoms with van der Waals surface area (Å²) in [6, 6.07) is 13.0. The van der Waals surface area contributed by atoms with Gasteiger partial charge in [-0.25, -0.2) is 9.97 Å². The Labute approximate surface area is 295 Å². The zero-order valence-corrected chi connectivity index (χ0v) is 29.1. The van der Waals surface area contributed by atoms with Crippen LogP contribution in [0.5, 0.6) is 0 Å². The second kappa shape index (κ2) is 15.0. The van der Waals surface area contributed by atoms with Crippen LogP contribution in [-0.2, 0) is 37.4 Å². The molecule has 0 saturated carbocycles. The summed E-state index contributed by atoms with van der Waals surface area (Å²) in [6.45, 7) is 7.73. The van der Waals surface area contributed by atoms with Crippen LogP contribution < -0.4 is 16.0 Å². The van der Waals surface area contributed by atoms with Crippen LogP contribution in [0.4, 0.5) is 24.8 Å². The van der Waals surface area contributed by atoms with Gasteiger partial charge in [-0.2, -0.15) is 13.2 Å². The highest BCUT2D eigenvalue weighted by atomic mass is 19.4. The van der Waals surface area contributed by atoms with Crippen molar-refractivity contribution in [2.24, 2.45) is 7.05 Å². The molecule has 2 aromatic heterocycles. The molecule has 2 aliphatic heterocycles. The van der Waals surface area contributed by atoms with Gasteiger partial charge in [0.1, 0.15) is 5.69 Å². The SMILES string of the molecule is CC(C)Nc1ncc(C#Cc2cccc(CC(=O)Nc3ccc(CN4CCN(C)CC4)c(C(F)(F)F)c3)c2)c(-c2cc3c(n2C)CCNC3=O)n1. The molecule has 0 radical (unpaired) electrons. The maximum Gasteiger partial charge on any atom is 0.416 e. The number of rotatable bonds is 8. The Morgan fingerprint density at radius 2 is 1.82 bits per heavy atom. The predicted octanol–water partition coefficient (Wildman–Crippen LogP) is 4.94. The van der Waals surface area contributed by atoms with Gasteiger partial charge < -0.3 is 25.4 Å². The topological polar surface area (TPSA) is 107 Å². The van der Waals surface area contributed by atoms with E-state index in [9.17, 15) is 22.8 Å². The van der Waals surface area contributed by atoms with E-state index in [-0.39, 0.29) is 36.2 Å². The highest BCUT2D eigenvalue weighted by Gasteiger charge is 2.34. The molecule has 2 aromatic carbocycles. The van der Waals surface area contributed by atoms with Gasteiger partial charge in [0.15, 0.2) is 0 Å². The number of nitrogens with zero attached hydrogens (tertiary/aromatic N) is 5. The van der Waals surface area contributed by atoms with E-state index in [0.29, 0.717) is 60.0 Å². The summed E-state index contributed by atoms with van der Waals surface area (Å²) in [6.07, 6.45) is -2.26. The minimum Gasteiger partial charge on any atom is -0.352 e. The van der Waals surface area contributed by atoms with E-state index in [2.05, 4.69) is 37.7 Å². The summed E-state index contributed by atoms with van der Waals surface area (Å²) < 4.78 is 44.2. The Morgan fingerprint density at radius 1 is 1.04 bits per heavy atom. The number of carbonyl (C=O) groups excluding carboxylic acids is 2. The lowest BCUT2D eigenvalue weighted by molar-refractivity contribution is -0.138. The van der Waals surface area contributed by atoms with Crippen LogP contribution in [0.15, 0.2) is 54.7 Å². The van der Waals surface area contributed by atoms with E-state index in [1.54, 1.807) is 24.4 Å². The number of benzene rings is 2. The summed E-state index contributed by atoms with van der Waals surface area (Å²) >= 11 is 0. The van der Waals surface area contributed by atoms with Gasteiger partial charge >= 0.3 is 6.18 Å². The first-order chi connectivity index (χ1) is 24.3. The zero-order valence-electron chi connectivity index (χ0n) is 29.1. The van der Waals surface area contributed by atoms with Gasteiger partial charge in [-0.15, -0.1) is 0 Å². The second-order valence-corrected chi connectivity index (χ2v) is 13.3. The third-order valence-electron chi connectivity index (χ3n) is 9.02. The van der Waals surface area contributed by atoms with Crippen molar-refractivity contribution in [1.82, 2.24) is 29.7 Å². The first-order valence-corrected chi connectivity index (χ1v) is 17.0. The fourth-order valence-electron chi connectivity index (χ4n) is 6.35. The normalized spacial score (nSPS) is 15.2. The Morgan fingerprint density at radius 3 is 2.55 bits per heavy atom. The summed E-state index contributed by atoms with van der Waals surface area (Å²) in [4.78, 5) is 39.0. The third kappa shape index (κ3) is 8.58. The van der Waals surface area contributed by atoms with Crippen LogP contribution in [0.1, 0.15) is 57.7 Å². The Bertz CT molecular complexity index is 2000. The van der Waals surface area contributed by atoms with Gasteiger partial charge in [0, 0.05) is 81.9 Å². The van der Waals surface area contributed by atoms with Gasteiger partial charge in [0.25, 0.3) is 5.91 Å². The number of anilines is 2. The van der Waals surface area contributed by atoms with Crippen molar-refractivity contribution in [1.29, 1.82) is 0 Å². The average Bonchev–Trinajstić information content (AvgIpc) is 3.42. The van der Waals surface area contributed by atoms with Crippen LogP contribution in [0.25, 0.3) is 11.4 Å². The maximum absolute atomic E-state index is 14.1. The van der Waals surface area contributed by atoms with Crippen LogP contribution >= 0.6 is 0 Å². The van der Waals surface area contributed by atoms with E-state index in [1.807, 2.05) is 49.5 Å². The number of carbonyl (C=O) groups is 2. The molecule has 4 heterocycles. The van der Waals surface area contributed by atoms with Gasteiger partial charge in [0.05, 0.1) is 28.8 Å². The zero-order chi connectivity index (χ0) is 36.3. The van der Waals surface area contributed by atoms with Crippen LogP contribution in [-0.4, -0.2) is 82.0 Å². The number of fused-ring (bicyclic) bond motifs is 1. The lowest BCUT2D eigenvalue weighted by Crippen LogP contribution is -2.44. The molecule has 4 aromatic rings. The third-order valence-corrected chi connectivity index (χ3v) is 9.02. The number of hydrogen-bond acceptors (Lipinski definition) is 7. The lowest BCUT2D eigenvalue weighted by Gasteiger charge is -2.33. The molecule has 0 bridgehead atoms. The molecule has 1 saturated heterocycles. The van der Waals surface area contributed by atoms with E-state index >= 15 is 0 Å². The van der Waals surface area contributed by atoms with Crippen molar-refractivity contribution < 1.29 is 22.8 Å². The summed E-state index contributed by atoms with van der Waals surface area (Å²) in [5.41, 5.74) is 4.22. The standard InChI is InChI=1S/C38H41F3N8O2/c1-24(2)44-37-43-22-27(35(46-37)33-21-30-32(48(33)4)12-13-42-36(30)51)9-8-25-6-5-7-26(18-25)19-34(50)45-29-11-10-28(31(20-29)38(39,40)41)23-49-16-14-47(3)15-17-49/h5-7,10-11,18,20-22,24H,12-17,19,23H2,1-4H3,(H,42,51)(H,45,50)(H,43,44,46). The molecule has 1 fully saturated rings. The monoisotopic (exact) mass is 698 g/mol. The summed E-state index contributed by atoms with van der Waals surface area (Å²) in [7, 11) is 3.90. The molecule has 13 heteroatoms. The number of nitrogens with one attached hydrogen (secondary N) is 3. The van der Waals surface area contributed by atoms with Gasteiger partial charge in [-0.3, -0.25) is 14.5 Å². The largest absolute Gasteiger partial charge is 0.416 e. The molecule has 10 nitrogen and oxygen atoms in total. The number of alkyl halides is 3. The van der Waals surface area contributed by atoms with E-state index in [0.717, 1.165) is 30.5 Å². The van der Waals surface area contributed by atoms with E-state index < -0.39 is 17.6 Å². The van der Waals surface area contributed by atoms with Crippen molar-refractivity contribution >= 4 is 23.5 Å². The number of halogens is 3. The van der Waals surface area contributed by atoms with Crippen molar-refractivity contribution in [3.63, 3.8) is 0 Å². The van der Waals surface area contributed by atoms with Crippen LogP contribution in [0, 0.1) is 11.8 Å². The van der Waals surface area contributed by atoms with Crippen molar-refractivity contribution in [2.45, 2.75) is 45.5 Å². The molecule has 0 spiro atoms. The maximum atomic E-state index is 14.1. The van der Waals surface area contributed by atoms with Crippen molar-refractivity contribution in [3.05, 3.63) is 93.8 Å². The molecule has 3 N–H and O–H groups in total. The van der Waals surface area contributed by atoms with E-state index in [4.69, 9.17) is 4.98 Å². The fourth-order valence-corrected chi connectivity index (χ4v) is 6.35. The molecule has 0 unspecified atom stereocenters. The number of hydrogen-bond donors (Lipinski definition) is 3. The molecular weight excluding hydrogens is 657 g/mol. The minimum atomic E-state index is -4.56. The van der Waals surface area contributed by atoms with Crippen LogP contribution in [0.2, 0.25) is 0 Å². The number of likely N-dealkylation sites (N-methyl/N-ethyl adjacent to an activating group) is 1. The fraction of sp³-hybridized carbons (Fsp3) is 0.368. The molecular formula is C38H41F3N8O2. The van der Waals surface area contributed by atoms with Gasteiger partial charge in [-0.1, -0.05) is 30.0 Å². The smallest absolute Gasteiger partial charge is 0.352 e. The van der Waals surface area contributed by atoms with Crippen molar-refractivity contribution in [3.8, 4) is 23.2 Å². The first kappa shape index (κ1) is 35.6. The summed E-state index contributed by atoms with van der Waals surface area (Å²) in [5.74, 6) is 6.19. The van der Waals surface area contributed by atoms with Gasteiger partial charge in [0.2, 0.25) is 11.9 Å². The highest BCUT2D eigenvalue weighted by molar-refractivity contribution is 5.98. The molecule has 2 aliphatic rings. The number of piperazine rings is 1. The number of amides is 2. The molecule has 6 rings (SSSR count). The second-order valence-electron chi connectivity index (χ2n) is 13.3. The first-order valence-electron chi connectivity index (χ1n) is 17.0. The molecule has 2 amide bonds. The molecule has 0 aliphatic carbocycles. The molecule has 0 atom stereocenters. The lowest BCUT2D eigenvalue weighted by atomic mass is 10.0. The molecule has 266 valence electrons. The van der Waals surface area contributed by atoms with E-state index in [1.165, 1.54) is 12.1 Å². The highest BCUT2D eigenvalue weighted by Crippen LogP contribution is 2.35.